The van der Waals surface area contributed by atoms with E-state index in [1.165, 1.54) is 38.5 Å². The third kappa shape index (κ3) is 3.87. The SMILES string of the molecule is COc1ccc(S(=O)(=O)NCC2CCCCC2)cc1Cl. The monoisotopic (exact) mass is 317 g/mol. The highest BCUT2D eigenvalue weighted by Gasteiger charge is 2.19. The highest BCUT2D eigenvalue weighted by atomic mass is 35.5. The zero-order chi connectivity index (χ0) is 14.6. The molecule has 0 amide bonds. The number of ether oxygens (including phenoxy) is 1. The Balaban J connectivity index is 2.04. The van der Waals surface area contributed by atoms with Gasteiger partial charge >= 0.3 is 0 Å². The number of hydrogen-bond acceptors (Lipinski definition) is 3. The van der Waals surface area contributed by atoms with Crippen LogP contribution in [0.2, 0.25) is 5.02 Å². The Kier molecular flexibility index (Phi) is 5.29. The van der Waals surface area contributed by atoms with Crippen LogP contribution < -0.4 is 9.46 Å². The van der Waals surface area contributed by atoms with Crippen LogP contribution in [0, 0.1) is 5.92 Å². The van der Waals surface area contributed by atoms with E-state index in [0.717, 1.165) is 12.8 Å². The average molecular weight is 318 g/mol. The standard InChI is InChI=1S/C14H20ClNO3S/c1-19-14-8-7-12(9-13(14)15)20(17,18)16-10-11-5-3-2-4-6-11/h7-9,11,16H,2-6,10H2,1H3. The second-order valence-corrected chi connectivity index (χ2v) is 7.33. The second-order valence-electron chi connectivity index (χ2n) is 5.15. The first-order valence-electron chi connectivity index (χ1n) is 6.86. The van der Waals surface area contributed by atoms with Crippen LogP contribution in [0.15, 0.2) is 23.1 Å². The Labute approximate surface area is 125 Å². The van der Waals surface area contributed by atoms with E-state index in [1.54, 1.807) is 6.07 Å². The van der Waals surface area contributed by atoms with Crippen molar-refractivity contribution in [2.75, 3.05) is 13.7 Å². The van der Waals surface area contributed by atoms with E-state index < -0.39 is 10.0 Å². The molecular formula is C14H20ClNO3S. The molecule has 0 radical (unpaired) electrons. The van der Waals surface area contributed by atoms with Gasteiger partial charge in [-0.2, -0.15) is 0 Å². The van der Waals surface area contributed by atoms with Crippen LogP contribution in [-0.2, 0) is 10.0 Å². The molecule has 0 bridgehead atoms. The lowest BCUT2D eigenvalue weighted by atomic mass is 9.90. The molecule has 1 aliphatic rings. The van der Waals surface area contributed by atoms with Gasteiger partial charge in [-0.3, -0.25) is 0 Å². The molecule has 112 valence electrons. The number of rotatable bonds is 5. The maximum atomic E-state index is 12.2. The summed E-state index contributed by atoms with van der Waals surface area (Å²) in [5, 5.41) is 0.299. The Bertz CT molecular complexity index is 554. The van der Waals surface area contributed by atoms with Crippen molar-refractivity contribution in [2.24, 2.45) is 5.92 Å². The predicted molar refractivity (Wildman–Crippen MR) is 79.8 cm³/mol. The lowest BCUT2D eigenvalue weighted by Crippen LogP contribution is -2.30. The summed E-state index contributed by atoms with van der Waals surface area (Å²) in [5.41, 5.74) is 0. The molecule has 0 aliphatic heterocycles. The number of hydrogen-bond donors (Lipinski definition) is 1. The highest BCUT2D eigenvalue weighted by Crippen LogP contribution is 2.27. The van der Waals surface area contributed by atoms with Crippen LogP contribution in [0.25, 0.3) is 0 Å². The van der Waals surface area contributed by atoms with Gasteiger partial charge in [-0.1, -0.05) is 30.9 Å². The summed E-state index contributed by atoms with van der Waals surface area (Å²) >= 11 is 5.97. The summed E-state index contributed by atoms with van der Waals surface area (Å²) in [6.45, 7) is 0.506. The van der Waals surface area contributed by atoms with Crippen molar-refractivity contribution in [3.05, 3.63) is 23.2 Å². The first kappa shape index (κ1) is 15.6. The van der Waals surface area contributed by atoms with E-state index in [9.17, 15) is 8.42 Å². The van der Waals surface area contributed by atoms with Crippen molar-refractivity contribution < 1.29 is 13.2 Å². The molecule has 4 nitrogen and oxygen atoms in total. The van der Waals surface area contributed by atoms with Crippen molar-refractivity contribution in [1.29, 1.82) is 0 Å². The molecule has 0 saturated heterocycles. The first-order valence-corrected chi connectivity index (χ1v) is 8.72. The van der Waals surface area contributed by atoms with Crippen LogP contribution in [0.1, 0.15) is 32.1 Å². The van der Waals surface area contributed by atoms with Gasteiger partial charge in [-0.15, -0.1) is 0 Å². The summed E-state index contributed by atoms with van der Waals surface area (Å²) in [4.78, 5) is 0.180. The van der Waals surface area contributed by atoms with Gasteiger partial charge in [0.05, 0.1) is 17.0 Å². The quantitative estimate of drug-likeness (QED) is 0.907. The molecule has 20 heavy (non-hydrogen) atoms. The average Bonchev–Trinajstić information content (AvgIpc) is 2.46. The topological polar surface area (TPSA) is 55.4 Å². The van der Waals surface area contributed by atoms with E-state index >= 15 is 0 Å². The molecule has 0 unspecified atom stereocenters. The van der Waals surface area contributed by atoms with Crippen LogP contribution in [0.5, 0.6) is 5.75 Å². The zero-order valence-electron chi connectivity index (χ0n) is 11.6. The molecule has 2 rings (SSSR count). The van der Waals surface area contributed by atoms with E-state index in [1.807, 2.05) is 0 Å². The Morgan fingerprint density at radius 3 is 2.60 bits per heavy atom. The van der Waals surface area contributed by atoms with Gasteiger partial charge in [-0.25, -0.2) is 13.1 Å². The molecular weight excluding hydrogens is 298 g/mol. The molecule has 1 fully saturated rings. The Hall–Kier alpha value is -0.780. The third-order valence-electron chi connectivity index (χ3n) is 3.72. The normalized spacial score (nSPS) is 17.1. The predicted octanol–water partition coefficient (Wildman–Crippen LogP) is 3.21. The van der Waals surface area contributed by atoms with Gasteiger partial charge in [0.15, 0.2) is 0 Å². The fourth-order valence-corrected chi connectivity index (χ4v) is 3.98. The Morgan fingerprint density at radius 2 is 2.00 bits per heavy atom. The number of sulfonamides is 1. The minimum absolute atomic E-state index is 0.180. The molecule has 1 aromatic rings. The van der Waals surface area contributed by atoms with Crippen molar-refractivity contribution in [3.8, 4) is 5.75 Å². The van der Waals surface area contributed by atoms with Gasteiger partial charge in [0.25, 0.3) is 0 Å². The van der Waals surface area contributed by atoms with Gasteiger partial charge in [-0.05, 0) is 37.0 Å². The summed E-state index contributed by atoms with van der Waals surface area (Å²) in [7, 11) is -2.00. The van der Waals surface area contributed by atoms with Crippen molar-refractivity contribution in [2.45, 2.75) is 37.0 Å². The maximum Gasteiger partial charge on any atom is 0.240 e. The molecule has 1 aliphatic carbocycles. The lowest BCUT2D eigenvalue weighted by molar-refractivity contribution is 0.357. The highest BCUT2D eigenvalue weighted by molar-refractivity contribution is 7.89. The van der Waals surface area contributed by atoms with E-state index in [0.29, 0.717) is 23.2 Å². The van der Waals surface area contributed by atoms with Crippen LogP contribution in [0.4, 0.5) is 0 Å². The van der Waals surface area contributed by atoms with Crippen LogP contribution in [-0.4, -0.2) is 22.1 Å². The van der Waals surface area contributed by atoms with Crippen molar-refractivity contribution in [3.63, 3.8) is 0 Å². The summed E-state index contributed by atoms with van der Waals surface area (Å²) in [6.07, 6.45) is 5.86. The van der Waals surface area contributed by atoms with Crippen LogP contribution >= 0.6 is 11.6 Å². The summed E-state index contributed by atoms with van der Waals surface area (Å²) in [6, 6.07) is 4.50. The van der Waals surface area contributed by atoms with E-state index in [-0.39, 0.29) is 4.90 Å². The minimum Gasteiger partial charge on any atom is -0.495 e. The molecule has 1 saturated carbocycles. The van der Waals surface area contributed by atoms with Gasteiger partial charge in [0.2, 0.25) is 10.0 Å². The molecule has 1 aromatic carbocycles. The largest absolute Gasteiger partial charge is 0.495 e. The first-order chi connectivity index (χ1) is 9.53. The number of methoxy groups -OCH3 is 1. The van der Waals surface area contributed by atoms with Crippen molar-refractivity contribution in [1.82, 2.24) is 4.72 Å². The summed E-state index contributed by atoms with van der Waals surface area (Å²) in [5.74, 6) is 0.921. The van der Waals surface area contributed by atoms with E-state index in [2.05, 4.69) is 4.72 Å². The molecule has 1 N–H and O–H groups in total. The molecule has 0 atom stereocenters. The smallest absolute Gasteiger partial charge is 0.240 e. The molecule has 6 heteroatoms. The number of halogens is 1. The summed E-state index contributed by atoms with van der Waals surface area (Å²) < 4.78 is 32.1. The molecule has 0 aromatic heterocycles. The fraction of sp³-hybridized carbons (Fsp3) is 0.571. The Morgan fingerprint density at radius 1 is 1.30 bits per heavy atom. The van der Waals surface area contributed by atoms with Gasteiger partial charge in [0.1, 0.15) is 5.75 Å². The van der Waals surface area contributed by atoms with Gasteiger partial charge < -0.3 is 4.74 Å². The zero-order valence-corrected chi connectivity index (χ0v) is 13.1. The minimum atomic E-state index is -3.50. The van der Waals surface area contributed by atoms with Crippen LogP contribution in [0.3, 0.4) is 0 Å². The number of benzene rings is 1. The molecule has 0 spiro atoms. The number of nitrogens with one attached hydrogen (secondary N) is 1. The van der Waals surface area contributed by atoms with Crippen molar-refractivity contribution >= 4 is 21.6 Å². The second kappa shape index (κ2) is 6.78. The van der Waals surface area contributed by atoms with E-state index in [4.69, 9.17) is 16.3 Å². The maximum absolute atomic E-state index is 12.2. The fourth-order valence-electron chi connectivity index (χ4n) is 2.52. The van der Waals surface area contributed by atoms with Gasteiger partial charge in [0, 0.05) is 6.54 Å². The third-order valence-corrected chi connectivity index (χ3v) is 5.44. The molecule has 0 heterocycles. The lowest BCUT2D eigenvalue weighted by Gasteiger charge is -2.21.